The molecule has 0 unspecified atom stereocenters. The predicted molar refractivity (Wildman–Crippen MR) is 104 cm³/mol. The van der Waals surface area contributed by atoms with E-state index in [9.17, 15) is 13.2 Å². The number of carbonyl (C=O) groups is 1. The Labute approximate surface area is 156 Å². The molecular weight excluding hydrogens is 368 g/mol. The Morgan fingerprint density at radius 1 is 1.15 bits per heavy atom. The van der Waals surface area contributed by atoms with E-state index in [1.807, 2.05) is 13.8 Å². The summed E-state index contributed by atoms with van der Waals surface area (Å²) in [7, 11) is -3.51. The zero-order chi connectivity index (χ0) is 18.5. The highest BCUT2D eigenvalue weighted by atomic mass is 32.2. The minimum absolute atomic E-state index is 0.249. The molecule has 1 aliphatic heterocycles. The van der Waals surface area contributed by atoms with Gasteiger partial charge in [0.05, 0.1) is 10.6 Å². The first-order valence-electron chi connectivity index (χ1n) is 8.60. The number of aromatic nitrogens is 1. The molecule has 1 N–H and O–H groups in total. The van der Waals surface area contributed by atoms with Crippen LogP contribution in [0.15, 0.2) is 29.2 Å². The van der Waals surface area contributed by atoms with Crippen molar-refractivity contribution in [2.24, 2.45) is 0 Å². The molecule has 0 saturated carbocycles. The van der Waals surface area contributed by atoms with Crippen LogP contribution in [-0.4, -0.2) is 37.1 Å². The van der Waals surface area contributed by atoms with E-state index in [-0.39, 0.29) is 4.90 Å². The van der Waals surface area contributed by atoms with Crippen LogP contribution in [0.25, 0.3) is 22.2 Å². The molecule has 0 amide bonds. The van der Waals surface area contributed by atoms with E-state index >= 15 is 0 Å². The van der Waals surface area contributed by atoms with Gasteiger partial charge in [-0.1, -0.05) is 0 Å². The van der Waals surface area contributed by atoms with E-state index in [2.05, 4.69) is 11.1 Å². The minimum atomic E-state index is -3.51. The highest BCUT2D eigenvalue weighted by molar-refractivity contribution is 7.89. The molecule has 5 nitrogen and oxygen atoms in total. The summed E-state index contributed by atoms with van der Waals surface area (Å²) < 4.78 is 27.2. The van der Waals surface area contributed by atoms with E-state index in [0.717, 1.165) is 40.8 Å². The van der Waals surface area contributed by atoms with Crippen molar-refractivity contribution in [3.05, 3.63) is 39.6 Å². The molecule has 1 aliphatic rings. The van der Waals surface area contributed by atoms with E-state index < -0.39 is 10.0 Å². The lowest BCUT2D eigenvalue weighted by atomic mass is 10.1. The third kappa shape index (κ3) is 2.71. The second-order valence-corrected chi connectivity index (χ2v) is 10.1. The molecule has 0 radical (unpaired) electrons. The second-order valence-electron chi connectivity index (χ2n) is 6.68. The number of rotatable bonds is 4. The molecule has 7 heteroatoms. The molecule has 0 bridgehead atoms. The fraction of sp³-hybridized carbons (Fsp3) is 0.316. The summed E-state index contributed by atoms with van der Waals surface area (Å²) in [6.07, 6.45) is 2.60. The largest absolute Gasteiger partial charge is 0.354 e. The quantitative estimate of drug-likeness (QED) is 0.684. The zero-order valence-electron chi connectivity index (χ0n) is 14.7. The van der Waals surface area contributed by atoms with E-state index in [4.69, 9.17) is 0 Å². The van der Waals surface area contributed by atoms with Crippen molar-refractivity contribution in [1.29, 1.82) is 0 Å². The summed E-state index contributed by atoms with van der Waals surface area (Å²) in [5.74, 6) is 0. The predicted octanol–water partition coefficient (Wildman–Crippen LogP) is 4.11. The summed E-state index contributed by atoms with van der Waals surface area (Å²) in [5.41, 5.74) is 3.03. The Morgan fingerprint density at radius 2 is 1.88 bits per heavy atom. The van der Waals surface area contributed by atoms with Gasteiger partial charge in [-0.05, 0) is 51.0 Å². The van der Waals surface area contributed by atoms with Gasteiger partial charge in [0.15, 0.2) is 6.29 Å². The fourth-order valence-electron chi connectivity index (χ4n) is 3.64. The Hall–Kier alpha value is -1.96. The van der Waals surface area contributed by atoms with Crippen molar-refractivity contribution in [2.45, 2.75) is 31.6 Å². The molecule has 1 fully saturated rings. The Balaban J connectivity index is 1.89. The van der Waals surface area contributed by atoms with E-state index in [1.54, 1.807) is 29.5 Å². The van der Waals surface area contributed by atoms with Crippen LogP contribution in [0.3, 0.4) is 0 Å². The van der Waals surface area contributed by atoms with Crippen LogP contribution in [0.2, 0.25) is 0 Å². The molecular formula is C19H20N2O3S2. The van der Waals surface area contributed by atoms with Gasteiger partial charge in [-0.3, -0.25) is 4.79 Å². The van der Waals surface area contributed by atoms with Crippen molar-refractivity contribution in [3.63, 3.8) is 0 Å². The van der Waals surface area contributed by atoms with Gasteiger partial charge in [-0.25, -0.2) is 8.42 Å². The van der Waals surface area contributed by atoms with E-state index in [0.29, 0.717) is 24.0 Å². The molecule has 4 rings (SSSR count). The lowest BCUT2D eigenvalue weighted by Crippen LogP contribution is -2.27. The van der Waals surface area contributed by atoms with Crippen molar-refractivity contribution in [2.75, 3.05) is 13.1 Å². The zero-order valence-corrected chi connectivity index (χ0v) is 16.3. The van der Waals surface area contributed by atoms with Gasteiger partial charge in [0, 0.05) is 44.9 Å². The number of hydrogen-bond acceptors (Lipinski definition) is 4. The molecule has 3 heterocycles. The third-order valence-electron chi connectivity index (χ3n) is 4.94. The van der Waals surface area contributed by atoms with Gasteiger partial charge in [-0.2, -0.15) is 4.31 Å². The standard InChI is InChI=1S/C19H20N2O3S2/c1-12-9-15(13(2)25-12)19-17(11-22)16-10-14(5-6-18(16)20-19)26(23,24)21-7-3-4-8-21/h5-6,9-11,20H,3-4,7-8H2,1-2H3. The number of aromatic amines is 1. The smallest absolute Gasteiger partial charge is 0.243 e. The average Bonchev–Trinajstić information content (AvgIpc) is 3.32. The van der Waals surface area contributed by atoms with Crippen LogP contribution >= 0.6 is 11.3 Å². The third-order valence-corrected chi connectivity index (χ3v) is 7.80. The molecule has 0 aliphatic carbocycles. The maximum absolute atomic E-state index is 12.8. The van der Waals surface area contributed by atoms with Crippen LogP contribution < -0.4 is 0 Å². The molecule has 1 saturated heterocycles. The number of aldehydes is 1. The molecule has 1 aromatic carbocycles. The number of hydrogen-bond donors (Lipinski definition) is 1. The van der Waals surface area contributed by atoms with Crippen molar-refractivity contribution < 1.29 is 13.2 Å². The van der Waals surface area contributed by atoms with Crippen molar-refractivity contribution in [1.82, 2.24) is 9.29 Å². The first-order valence-corrected chi connectivity index (χ1v) is 10.9. The van der Waals surface area contributed by atoms with E-state index in [1.165, 1.54) is 9.18 Å². The van der Waals surface area contributed by atoms with Gasteiger partial charge >= 0.3 is 0 Å². The number of fused-ring (bicyclic) bond motifs is 1. The molecule has 0 spiro atoms. The normalized spacial score (nSPS) is 15.8. The van der Waals surface area contributed by atoms with Crippen molar-refractivity contribution in [3.8, 4) is 11.3 Å². The number of benzene rings is 1. The SMILES string of the molecule is Cc1cc(-c2[nH]c3ccc(S(=O)(=O)N4CCCC4)cc3c2C=O)c(C)s1. The molecule has 26 heavy (non-hydrogen) atoms. The Kier molecular flexibility index (Phi) is 4.25. The molecule has 2 aromatic heterocycles. The minimum Gasteiger partial charge on any atom is -0.354 e. The van der Waals surface area contributed by atoms with Crippen LogP contribution in [0.1, 0.15) is 33.0 Å². The lowest BCUT2D eigenvalue weighted by molar-refractivity contribution is 0.112. The first kappa shape index (κ1) is 17.5. The molecule has 3 aromatic rings. The Morgan fingerprint density at radius 3 is 2.50 bits per heavy atom. The number of aryl methyl sites for hydroxylation is 2. The monoisotopic (exact) mass is 388 g/mol. The maximum Gasteiger partial charge on any atom is 0.243 e. The summed E-state index contributed by atoms with van der Waals surface area (Å²) in [6, 6.07) is 7.06. The number of thiophene rings is 1. The highest BCUT2D eigenvalue weighted by Gasteiger charge is 2.28. The first-order chi connectivity index (χ1) is 12.4. The van der Waals surface area contributed by atoms with Crippen molar-refractivity contribution >= 4 is 38.5 Å². The summed E-state index contributed by atoms with van der Waals surface area (Å²) in [4.78, 5) is 17.7. The summed E-state index contributed by atoms with van der Waals surface area (Å²) >= 11 is 1.68. The summed E-state index contributed by atoms with van der Waals surface area (Å²) in [6.45, 7) is 5.18. The number of nitrogens with one attached hydrogen (secondary N) is 1. The number of sulfonamides is 1. The summed E-state index contributed by atoms with van der Waals surface area (Å²) in [5, 5.41) is 0.651. The lowest BCUT2D eigenvalue weighted by Gasteiger charge is -2.15. The maximum atomic E-state index is 12.8. The molecule has 0 atom stereocenters. The van der Waals surface area contributed by atoms with Crippen LogP contribution in [0, 0.1) is 13.8 Å². The van der Waals surface area contributed by atoms with Gasteiger partial charge in [0.2, 0.25) is 10.0 Å². The second kappa shape index (κ2) is 6.33. The van der Waals surface area contributed by atoms with Gasteiger partial charge < -0.3 is 4.98 Å². The van der Waals surface area contributed by atoms with Crippen LogP contribution in [0.5, 0.6) is 0 Å². The fourth-order valence-corrected chi connectivity index (χ4v) is 6.12. The van der Waals surface area contributed by atoms with Gasteiger partial charge in [0.25, 0.3) is 0 Å². The van der Waals surface area contributed by atoms with Crippen LogP contribution in [-0.2, 0) is 10.0 Å². The number of carbonyl (C=O) groups excluding carboxylic acids is 1. The van der Waals surface area contributed by atoms with Gasteiger partial charge in [0.1, 0.15) is 0 Å². The van der Waals surface area contributed by atoms with Crippen LogP contribution in [0.4, 0.5) is 0 Å². The average molecular weight is 389 g/mol. The number of nitrogens with zero attached hydrogens (tertiary/aromatic N) is 1. The Bertz CT molecular complexity index is 1100. The molecule has 136 valence electrons. The number of H-pyrrole nitrogens is 1. The topological polar surface area (TPSA) is 70.2 Å². The van der Waals surface area contributed by atoms with Gasteiger partial charge in [-0.15, -0.1) is 11.3 Å². The highest BCUT2D eigenvalue weighted by Crippen LogP contribution is 2.36.